The predicted octanol–water partition coefficient (Wildman–Crippen LogP) is 3.82. The summed E-state index contributed by atoms with van der Waals surface area (Å²) in [4.78, 5) is 32.6. The molecule has 2 heterocycles. The molecule has 1 aliphatic rings. The summed E-state index contributed by atoms with van der Waals surface area (Å²) in [5, 5.41) is 0. The van der Waals surface area contributed by atoms with Crippen LogP contribution >= 0.6 is 0 Å². The standard InChI is InChI=1S/C25H28N4O5S/c1-17(10-11-18(2)27(5)35(6,32)33)21-12-13-22-23(15-21)28(16-19(3)29(22)20(4)30)25(31)34-24-9-7-8-14-26-24/h7-15,19H,1-2,16H2,3-6H3/b11-10-. The maximum atomic E-state index is 13.1. The van der Waals surface area contributed by atoms with Crippen LogP contribution in [-0.4, -0.2) is 55.6 Å². The first-order chi connectivity index (χ1) is 16.4. The Balaban J connectivity index is 1.95. The van der Waals surface area contributed by atoms with Gasteiger partial charge < -0.3 is 9.64 Å². The molecule has 0 aliphatic carbocycles. The van der Waals surface area contributed by atoms with Gasteiger partial charge in [0.05, 0.1) is 23.7 Å². The lowest BCUT2D eigenvalue weighted by Crippen LogP contribution is -2.52. The fourth-order valence-corrected chi connectivity index (χ4v) is 4.13. The van der Waals surface area contributed by atoms with Gasteiger partial charge >= 0.3 is 6.09 Å². The van der Waals surface area contributed by atoms with Crippen molar-refractivity contribution in [3.05, 3.63) is 79.2 Å². The molecule has 1 atom stereocenters. The summed E-state index contributed by atoms with van der Waals surface area (Å²) < 4.78 is 29.9. The summed E-state index contributed by atoms with van der Waals surface area (Å²) in [5.74, 6) is 0.0146. The summed E-state index contributed by atoms with van der Waals surface area (Å²) in [6.45, 7) is 11.4. The van der Waals surface area contributed by atoms with Crippen molar-refractivity contribution in [3.8, 4) is 5.88 Å². The Morgan fingerprint density at radius 3 is 2.49 bits per heavy atom. The van der Waals surface area contributed by atoms with Gasteiger partial charge in [-0.05, 0) is 42.3 Å². The molecular formula is C25H28N4O5S. The number of hydrogen-bond donors (Lipinski definition) is 0. The van der Waals surface area contributed by atoms with Crippen molar-refractivity contribution >= 4 is 39.0 Å². The first-order valence-electron chi connectivity index (χ1n) is 10.7. The normalized spacial score (nSPS) is 15.5. The number of nitrogens with zero attached hydrogens (tertiary/aromatic N) is 4. The number of aromatic nitrogens is 1. The van der Waals surface area contributed by atoms with E-state index in [0.717, 1.165) is 10.6 Å². The van der Waals surface area contributed by atoms with E-state index in [0.29, 0.717) is 22.5 Å². The lowest BCUT2D eigenvalue weighted by atomic mass is 10.0. The maximum Gasteiger partial charge on any atom is 0.421 e. The van der Waals surface area contributed by atoms with E-state index in [2.05, 4.69) is 18.1 Å². The highest BCUT2D eigenvalue weighted by Gasteiger charge is 2.35. The Morgan fingerprint density at radius 2 is 1.89 bits per heavy atom. The zero-order valence-electron chi connectivity index (χ0n) is 20.1. The third kappa shape index (κ3) is 5.78. The average molecular weight is 497 g/mol. The van der Waals surface area contributed by atoms with E-state index in [1.807, 2.05) is 6.92 Å². The monoisotopic (exact) mass is 496 g/mol. The van der Waals surface area contributed by atoms with Gasteiger partial charge in [0, 0.05) is 38.5 Å². The van der Waals surface area contributed by atoms with Gasteiger partial charge in [-0.25, -0.2) is 18.2 Å². The van der Waals surface area contributed by atoms with Crippen LogP contribution in [0.25, 0.3) is 5.57 Å². The van der Waals surface area contributed by atoms with E-state index in [-0.39, 0.29) is 30.1 Å². The molecule has 0 radical (unpaired) electrons. The van der Waals surface area contributed by atoms with Gasteiger partial charge in [-0.15, -0.1) is 0 Å². The van der Waals surface area contributed by atoms with Crippen LogP contribution in [0.1, 0.15) is 19.4 Å². The number of ether oxygens (including phenoxy) is 1. The molecule has 35 heavy (non-hydrogen) atoms. The maximum absolute atomic E-state index is 13.1. The number of carbonyl (C=O) groups is 2. The van der Waals surface area contributed by atoms with Crippen LogP contribution in [0.2, 0.25) is 0 Å². The molecule has 0 bridgehead atoms. The molecule has 0 spiro atoms. The molecular weight excluding hydrogens is 468 g/mol. The number of rotatable bonds is 6. The minimum atomic E-state index is -3.44. The number of amides is 2. The van der Waals surface area contributed by atoms with Crippen molar-refractivity contribution in [2.24, 2.45) is 0 Å². The minimum absolute atomic E-state index is 0.150. The zero-order chi connectivity index (χ0) is 25.9. The van der Waals surface area contributed by atoms with E-state index in [4.69, 9.17) is 4.74 Å². The summed E-state index contributed by atoms with van der Waals surface area (Å²) in [6.07, 6.45) is 5.17. The van der Waals surface area contributed by atoms with Gasteiger partial charge in [0.2, 0.25) is 21.8 Å². The fourth-order valence-electron chi connectivity index (χ4n) is 3.64. The van der Waals surface area contributed by atoms with E-state index in [1.165, 1.54) is 25.1 Å². The second-order valence-electron chi connectivity index (χ2n) is 8.17. The van der Waals surface area contributed by atoms with E-state index < -0.39 is 16.1 Å². The van der Waals surface area contributed by atoms with Crippen LogP contribution in [0.15, 0.2) is 73.6 Å². The van der Waals surface area contributed by atoms with Crippen molar-refractivity contribution < 1.29 is 22.7 Å². The number of carbonyl (C=O) groups excluding carboxylic acids is 2. The number of fused-ring (bicyclic) bond motifs is 1. The topological polar surface area (TPSA) is 100 Å². The Morgan fingerprint density at radius 1 is 1.17 bits per heavy atom. The van der Waals surface area contributed by atoms with Crippen LogP contribution in [-0.2, 0) is 14.8 Å². The largest absolute Gasteiger partial charge is 0.421 e. The first kappa shape index (κ1) is 25.7. The second kappa shape index (κ2) is 10.1. The zero-order valence-corrected chi connectivity index (χ0v) is 20.9. The van der Waals surface area contributed by atoms with Crippen molar-refractivity contribution in [1.29, 1.82) is 0 Å². The highest BCUT2D eigenvalue weighted by Crippen LogP contribution is 2.38. The molecule has 2 amide bonds. The van der Waals surface area contributed by atoms with Gasteiger partial charge in [0.15, 0.2) is 0 Å². The number of pyridine rings is 1. The Labute approximate surface area is 205 Å². The van der Waals surface area contributed by atoms with Crippen LogP contribution in [0.3, 0.4) is 0 Å². The van der Waals surface area contributed by atoms with Gasteiger partial charge in [0.25, 0.3) is 0 Å². The van der Waals surface area contributed by atoms with E-state index >= 15 is 0 Å². The molecule has 184 valence electrons. The van der Waals surface area contributed by atoms with E-state index in [9.17, 15) is 18.0 Å². The molecule has 1 aliphatic heterocycles. The smallest absolute Gasteiger partial charge is 0.391 e. The Kier molecular flexibility index (Phi) is 7.45. The molecule has 2 aromatic rings. The molecule has 3 rings (SSSR count). The third-order valence-electron chi connectivity index (χ3n) is 5.55. The highest BCUT2D eigenvalue weighted by atomic mass is 32.2. The predicted molar refractivity (Wildman–Crippen MR) is 137 cm³/mol. The molecule has 0 N–H and O–H groups in total. The molecule has 0 fully saturated rings. The van der Waals surface area contributed by atoms with Crippen LogP contribution in [0.4, 0.5) is 16.2 Å². The number of benzene rings is 1. The SMILES string of the molecule is C=C(/C=C\C(=C)N(C)S(C)(=O)=O)c1ccc2c(c1)N(C(=O)Oc1ccccn1)CC(C)N2C(C)=O. The molecule has 1 aromatic heterocycles. The summed E-state index contributed by atoms with van der Waals surface area (Å²) >= 11 is 0. The van der Waals surface area contributed by atoms with Crippen molar-refractivity contribution in [3.63, 3.8) is 0 Å². The second-order valence-corrected chi connectivity index (χ2v) is 10.2. The van der Waals surface area contributed by atoms with Crippen molar-refractivity contribution in [2.45, 2.75) is 19.9 Å². The molecule has 9 nitrogen and oxygen atoms in total. The van der Waals surface area contributed by atoms with Gasteiger partial charge in [-0.3, -0.25) is 14.0 Å². The van der Waals surface area contributed by atoms with Crippen molar-refractivity contribution in [1.82, 2.24) is 9.29 Å². The summed E-state index contributed by atoms with van der Waals surface area (Å²) in [7, 11) is -2.03. The number of likely N-dealkylation sites (N-methyl/N-ethyl adjacent to an activating group) is 1. The number of hydrogen-bond acceptors (Lipinski definition) is 6. The number of allylic oxidation sites excluding steroid dienone is 3. The molecule has 0 saturated heterocycles. The van der Waals surface area contributed by atoms with Gasteiger partial charge in [-0.2, -0.15) is 0 Å². The molecule has 10 heteroatoms. The minimum Gasteiger partial charge on any atom is -0.391 e. The summed E-state index contributed by atoms with van der Waals surface area (Å²) in [6, 6.07) is 10.0. The Hall–Kier alpha value is -3.92. The van der Waals surface area contributed by atoms with Crippen LogP contribution < -0.4 is 14.5 Å². The van der Waals surface area contributed by atoms with Crippen LogP contribution in [0.5, 0.6) is 5.88 Å². The van der Waals surface area contributed by atoms with Gasteiger partial charge in [0.1, 0.15) is 0 Å². The lowest BCUT2D eigenvalue weighted by Gasteiger charge is -2.40. The Bertz CT molecular complexity index is 1300. The highest BCUT2D eigenvalue weighted by molar-refractivity contribution is 7.88. The lowest BCUT2D eigenvalue weighted by molar-refractivity contribution is -0.117. The van der Waals surface area contributed by atoms with Gasteiger partial charge in [-0.1, -0.05) is 31.4 Å². The number of anilines is 2. The first-order valence-corrected chi connectivity index (χ1v) is 12.6. The molecule has 0 saturated carbocycles. The van der Waals surface area contributed by atoms with E-state index in [1.54, 1.807) is 53.5 Å². The average Bonchev–Trinajstić information content (AvgIpc) is 2.80. The van der Waals surface area contributed by atoms with Crippen LogP contribution in [0, 0.1) is 0 Å². The molecule has 1 unspecified atom stereocenters. The number of sulfonamides is 1. The summed E-state index contributed by atoms with van der Waals surface area (Å²) in [5.41, 5.74) is 2.54. The third-order valence-corrected chi connectivity index (χ3v) is 6.78. The molecule has 1 aromatic carbocycles. The fraction of sp³-hybridized carbons (Fsp3) is 0.240. The quantitative estimate of drug-likeness (QED) is 0.564. The van der Waals surface area contributed by atoms with Crippen molar-refractivity contribution in [2.75, 3.05) is 29.6 Å².